The molecule has 0 aliphatic heterocycles. The first kappa shape index (κ1) is 19.1. The number of carbonyl (C=O) groups excluding carboxylic acids is 1. The van der Waals surface area contributed by atoms with Crippen molar-refractivity contribution in [1.82, 2.24) is 9.62 Å². The first-order valence-corrected chi connectivity index (χ1v) is 8.85. The minimum Gasteiger partial charge on any atom is -0.478 e. The number of benzene rings is 1. The molecule has 0 unspecified atom stereocenters. The van der Waals surface area contributed by atoms with Crippen LogP contribution >= 0.6 is 0 Å². The zero-order valence-electron chi connectivity index (χ0n) is 13.5. The summed E-state index contributed by atoms with van der Waals surface area (Å²) in [4.78, 5) is 23.0. The highest BCUT2D eigenvalue weighted by atomic mass is 32.2. The third-order valence-electron chi connectivity index (χ3n) is 3.36. The SMILES string of the molecule is CCS(=O)(=O)N(C)CCCNC(=O)c1cc(C)cc(C(=O)O)c1. The Morgan fingerprint density at radius 1 is 1.22 bits per heavy atom. The second-order valence-corrected chi connectivity index (χ2v) is 7.59. The third-order valence-corrected chi connectivity index (χ3v) is 5.22. The van der Waals surface area contributed by atoms with Crippen LogP contribution in [-0.2, 0) is 10.0 Å². The monoisotopic (exact) mass is 342 g/mol. The zero-order valence-corrected chi connectivity index (χ0v) is 14.3. The predicted octanol–water partition coefficient (Wildman–Crippen LogP) is 1.09. The van der Waals surface area contributed by atoms with Gasteiger partial charge in [-0.2, -0.15) is 0 Å². The number of nitrogens with zero attached hydrogens (tertiary/aromatic N) is 1. The van der Waals surface area contributed by atoms with E-state index in [0.717, 1.165) is 0 Å². The van der Waals surface area contributed by atoms with Crippen molar-refractivity contribution in [3.63, 3.8) is 0 Å². The molecule has 0 heterocycles. The van der Waals surface area contributed by atoms with Crippen LogP contribution in [0, 0.1) is 6.92 Å². The number of amides is 1. The van der Waals surface area contributed by atoms with Gasteiger partial charge in [0.2, 0.25) is 10.0 Å². The smallest absolute Gasteiger partial charge is 0.335 e. The highest BCUT2D eigenvalue weighted by Crippen LogP contribution is 2.10. The van der Waals surface area contributed by atoms with Gasteiger partial charge in [-0.05, 0) is 44.0 Å². The number of nitrogens with one attached hydrogen (secondary N) is 1. The molecule has 1 rings (SSSR count). The highest BCUT2D eigenvalue weighted by molar-refractivity contribution is 7.89. The molecule has 128 valence electrons. The fraction of sp³-hybridized carbons (Fsp3) is 0.467. The summed E-state index contributed by atoms with van der Waals surface area (Å²) in [5.41, 5.74) is 1.02. The van der Waals surface area contributed by atoms with Crippen LogP contribution in [0.15, 0.2) is 18.2 Å². The van der Waals surface area contributed by atoms with Gasteiger partial charge in [-0.3, -0.25) is 4.79 Å². The first-order chi connectivity index (χ1) is 10.7. The summed E-state index contributed by atoms with van der Waals surface area (Å²) < 4.78 is 24.4. The van der Waals surface area contributed by atoms with Crippen LogP contribution in [0.4, 0.5) is 0 Å². The molecule has 8 heteroatoms. The van der Waals surface area contributed by atoms with E-state index >= 15 is 0 Å². The lowest BCUT2D eigenvalue weighted by molar-refractivity contribution is 0.0696. The van der Waals surface area contributed by atoms with Gasteiger partial charge in [0.1, 0.15) is 0 Å². The molecular formula is C15H22N2O5S. The molecule has 0 aromatic heterocycles. The summed E-state index contributed by atoms with van der Waals surface area (Å²) in [5, 5.41) is 11.7. The summed E-state index contributed by atoms with van der Waals surface area (Å²) >= 11 is 0. The van der Waals surface area contributed by atoms with Gasteiger partial charge in [0.05, 0.1) is 11.3 Å². The van der Waals surface area contributed by atoms with E-state index in [9.17, 15) is 18.0 Å². The molecular weight excluding hydrogens is 320 g/mol. The maximum atomic E-state index is 12.0. The Morgan fingerprint density at radius 3 is 2.39 bits per heavy atom. The van der Waals surface area contributed by atoms with Crippen LogP contribution in [-0.4, -0.2) is 55.6 Å². The molecule has 0 bridgehead atoms. The quantitative estimate of drug-likeness (QED) is 0.688. The van der Waals surface area contributed by atoms with Crippen LogP contribution in [0.1, 0.15) is 39.6 Å². The minimum absolute atomic E-state index is 0.0388. The predicted molar refractivity (Wildman–Crippen MR) is 87.2 cm³/mol. The average molecular weight is 342 g/mol. The number of carbonyl (C=O) groups is 2. The number of carboxylic acid groups (broad SMARTS) is 1. The van der Waals surface area contributed by atoms with Crippen LogP contribution in [0.2, 0.25) is 0 Å². The molecule has 1 aromatic carbocycles. The Morgan fingerprint density at radius 2 is 1.83 bits per heavy atom. The number of aromatic carboxylic acids is 1. The molecule has 0 fully saturated rings. The molecule has 0 aliphatic rings. The Bertz CT molecular complexity index is 685. The number of sulfonamides is 1. The molecule has 0 atom stereocenters. The summed E-state index contributed by atoms with van der Waals surface area (Å²) in [6, 6.07) is 4.41. The van der Waals surface area contributed by atoms with Crippen molar-refractivity contribution < 1.29 is 23.1 Å². The Balaban J connectivity index is 2.57. The molecule has 1 amide bonds. The maximum absolute atomic E-state index is 12.0. The minimum atomic E-state index is -3.22. The van der Waals surface area contributed by atoms with Gasteiger partial charge in [-0.15, -0.1) is 0 Å². The number of carboxylic acids is 1. The van der Waals surface area contributed by atoms with Crippen molar-refractivity contribution in [3.05, 3.63) is 34.9 Å². The second-order valence-electron chi connectivity index (χ2n) is 5.22. The van der Waals surface area contributed by atoms with Gasteiger partial charge in [0, 0.05) is 25.7 Å². The van der Waals surface area contributed by atoms with E-state index in [4.69, 9.17) is 5.11 Å². The van der Waals surface area contributed by atoms with Crippen LogP contribution in [0.25, 0.3) is 0 Å². The average Bonchev–Trinajstić information content (AvgIpc) is 2.50. The fourth-order valence-corrected chi connectivity index (χ4v) is 2.85. The van der Waals surface area contributed by atoms with Crippen molar-refractivity contribution in [2.24, 2.45) is 0 Å². The molecule has 0 aliphatic carbocycles. The fourth-order valence-electron chi connectivity index (χ4n) is 2.00. The second kappa shape index (κ2) is 8.07. The lowest BCUT2D eigenvalue weighted by Crippen LogP contribution is -2.32. The van der Waals surface area contributed by atoms with Crippen molar-refractivity contribution >= 4 is 21.9 Å². The zero-order chi connectivity index (χ0) is 17.6. The molecule has 0 spiro atoms. The normalized spacial score (nSPS) is 11.5. The third kappa shape index (κ3) is 5.65. The van der Waals surface area contributed by atoms with Crippen molar-refractivity contribution in [2.45, 2.75) is 20.3 Å². The van der Waals surface area contributed by atoms with E-state index in [0.29, 0.717) is 25.1 Å². The van der Waals surface area contributed by atoms with E-state index in [1.807, 2.05) is 0 Å². The van der Waals surface area contributed by atoms with E-state index in [2.05, 4.69) is 5.32 Å². The first-order valence-electron chi connectivity index (χ1n) is 7.24. The number of rotatable bonds is 8. The topological polar surface area (TPSA) is 104 Å². The van der Waals surface area contributed by atoms with Crippen molar-refractivity contribution in [3.8, 4) is 0 Å². The molecule has 7 nitrogen and oxygen atoms in total. The molecule has 23 heavy (non-hydrogen) atoms. The lowest BCUT2D eigenvalue weighted by Gasteiger charge is -2.15. The molecule has 1 aromatic rings. The summed E-state index contributed by atoms with van der Waals surface area (Å²) in [7, 11) is -1.72. The standard InChI is InChI=1S/C15H22N2O5S/c1-4-23(21,22)17(3)7-5-6-16-14(18)12-8-11(2)9-13(10-12)15(19)20/h8-10H,4-7H2,1-3H3,(H,16,18)(H,19,20). The Hall–Kier alpha value is -1.93. The van der Waals surface area contributed by atoms with E-state index in [1.165, 1.54) is 23.5 Å². The van der Waals surface area contributed by atoms with Crippen LogP contribution < -0.4 is 5.32 Å². The maximum Gasteiger partial charge on any atom is 0.335 e. The van der Waals surface area contributed by atoms with E-state index in [-0.39, 0.29) is 22.8 Å². The largest absolute Gasteiger partial charge is 0.478 e. The van der Waals surface area contributed by atoms with Gasteiger partial charge in [0.15, 0.2) is 0 Å². The summed E-state index contributed by atoms with van der Waals surface area (Å²) in [6.45, 7) is 3.91. The van der Waals surface area contributed by atoms with E-state index in [1.54, 1.807) is 19.9 Å². The number of hydrogen-bond acceptors (Lipinski definition) is 4. The van der Waals surface area contributed by atoms with Gasteiger partial charge in [0.25, 0.3) is 5.91 Å². The molecule has 2 N–H and O–H groups in total. The summed E-state index contributed by atoms with van der Waals surface area (Å²) in [5.74, 6) is -1.43. The Labute approximate surface area is 136 Å². The van der Waals surface area contributed by atoms with Gasteiger partial charge >= 0.3 is 5.97 Å². The lowest BCUT2D eigenvalue weighted by atomic mass is 10.1. The van der Waals surface area contributed by atoms with Gasteiger partial charge < -0.3 is 10.4 Å². The van der Waals surface area contributed by atoms with Gasteiger partial charge in [-0.25, -0.2) is 17.5 Å². The molecule has 0 saturated heterocycles. The number of aryl methyl sites for hydroxylation is 1. The van der Waals surface area contributed by atoms with Crippen molar-refractivity contribution in [2.75, 3.05) is 25.9 Å². The Kier molecular flexibility index (Phi) is 6.71. The van der Waals surface area contributed by atoms with E-state index < -0.39 is 16.0 Å². The summed E-state index contributed by atoms with van der Waals surface area (Å²) in [6.07, 6.45) is 0.471. The molecule has 0 saturated carbocycles. The van der Waals surface area contributed by atoms with Crippen LogP contribution in [0.3, 0.4) is 0 Å². The van der Waals surface area contributed by atoms with Crippen LogP contribution in [0.5, 0.6) is 0 Å². The number of hydrogen-bond donors (Lipinski definition) is 2. The van der Waals surface area contributed by atoms with Crippen molar-refractivity contribution in [1.29, 1.82) is 0 Å². The van der Waals surface area contributed by atoms with Gasteiger partial charge in [-0.1, -0.05) is 0 Å². The molecule has 0 radical (unpaired) electrons. The highest BCUT2D eigenvalue weighted by Gasteiger charge is 2.15.